The standard InChI is InChI=1S/C17H17N3O2S/c1-22-15-7-5-13(6-8-15)10-19-17-20(16(21)12-23-17)11-14-4-2-3-9-18-14/h2-9H,10-12H2,1H3. The van der Waals surface area contributed by atoms with Gasteiger partial charge < -0.3 is 4.74 Å². The number of aromatic nitrogens is 1. The molecule has 2 heterocycles. The lowest BCUT2D eigenvalue weighted by atomic mass is 10.2. The van der Waals surface area contributed by atoms with Crippen LogP contribution in [0, 0.1) is 0 Å². The van der Waals surface area contributed by atoms with E-state index >= 15 is 0 Å². The maximum absolute atomic E-state index is 12.1. The molecule has 0 radical (unpaired) electrons. The van der Waals surface area contributed by atoms with Crippen LogP contribution in [0.3, 0.4) is 0 Å². The minimum Gasteiger partial charge on any atom is -0.497 e. The van der Waals surface area contributed by atoms with Crippen molar-refractivity contribution in [1.29, 1.82) is 0 Å². The van der Waals surface area contributed by atoms with Crippen LogP contribution >= 0.6 is 11.8 Å². The minimum absolute atomic E-state index is 0.0779. The Morgan fingerprint density at radius 3 is 2.78 bits per heavy atom. The molecule has 3 rings (SSSR count). The highest BCUT2D eigenvalue weighted by atomic mass is 32.2. The van der Waals surface area contributed by atoms with E-state index in [0.29, 0.717) is 18.8 Å². The van der Waals surface area contributed by atoms with Gasteiger partial charge in [-0.15, -0.1) is 0 Å². The van der Waals surface area contributed by atoms with Crippen molar-refractivity contribution in [3.63, 3.8) is 0 Å². The van der Waals surface area contributed by atoms with Crippen LogP contribution in [0.1, 0.15) is 11.3 Å². The van der Waals surface area contributed by atoms with Gasteiger partial charge in [0.2, 0.25) is 5.91 Å². The molecular formula is C17H17N3O2S. The highest BCUT2D eigenvalue weighted by Gasteiger charge is 2.28. The van der Waals surface area contributed by atoms with Gasteiger partial charge in [-0.2, -0.15) is 0 Å². The Balaban J connectivity index is 1.70. The number of thioether (sulfide) groups is 1. The number of rotatable bonds is 5. The molecule has 23 heavy (non-hydrogen) atoms. The maximum Gasteiger partial charge on any atom is 0.239 e. The molecule has 1 aliphatic heterocycles. The predicted octanol–water partition coefficient (Wildman–Crippen LogP) is 2.72. The molecule has 0 atom stereocenters. The average molecular weight is 327 g/mol. The molecule has 1 aliphatic rings. The van der Waals surface area contributed by atoms with Crippen molar-refractivity contribution in [3.8, 4) is 5.75 Å². The molecule has 0 bridgehead atoms. The Morgan fingerprint density at radius 2 is 2.09 bits per heavy atom. The lowest BCUT2D eigenvalue weighted by Gasteiger charge is -2.15. The van der Waals surface area contributed by atoms with Crippen molar-refractivity contribution in [1.82, 2.24) is 9.88 Å². The normalized spacial score (nSPS) is 16.1. The minimum atomic E-state index is 0.0779. The number of aliphatic imine (C=N–C) groups is 1. The van der Waals surface area contributed by atoms with Crippen molar-refractivity contribution in [2.24, 2.45) is 4.99 Å². The summed E-state index contributed by atoms with van der Waals surface area (Å²) in [5.74, 6) is 1.34. The third-order valence-corrected chi connectivity index (χ3v) is 4.46. The van der Waals surface area contributed by atoms with Gasteiger partial charge in [0, 0.05) is 6.20 Å². The summed E-state index contributed by atoms with van der Waals surface area (Å²) >= 11 is 1.48. The van der Waals surface area contributed by atoms with E-state index in [1.54, 1.807) is 18.2 Å². The monoisotopic (exact) mass is 327 g/mol. The number of carbonyl (C=O) groups excluding carboxylic acids is 1. The first kappa shape index (κ1) is 15.6. The SMILES string of the molecule is COc1ccc(CN=C2SCC(=O)N2Cc2ccccn2)cc1. The van der Waals surface area contributed by atoms with Crippen LogP contribution in [-0.2, 0) is 17.9 Å². The average Bonchev–Trinajstić information content (AvgIpc) is 2.94. The molecule has 2 aromatic rings. The van der Waals surface area contributed by atoms with E-state index in [1.165, 1.54) is 11.8 Å². The summed E-state index contributed by atoms with van der Waals surface area (Å²) in [7, 11) is 1.64. The largest absolute Gasteiger partial charge is 0.497 e. The highest BCUT2D eigenvalue weighted by Crippen LogP contribution is 2.22. The van der Waals surface area contributed by atoms with E-state index in [1.807, 2.05) is 42.5 Å². The fourth-order valence-corrected chi connectivity index (χ4v) is 3.11. The number of hydrogen-bond donors (Lipinski definition) is 0. The number of amides is 1. The van der Waals surface area contributed by atoms with Crippen molar-refractivity contribution < 1.29 is 9.53 Å². The van der Waals surface area contributed by atoms with Crippen molar-refractivity contribution in [3.05, 3.63) is 59.9 Å². The molecular weight excluding hydrogens is 310 g/mol. The Kier molecular flexibility index (Phi) is 4.92. The molecule has 6 heteroatoms. The van der Waals surface area contributed by atoms with Crippen LogP contribution in [0.4, 0.5) is 0 Å². The second-order valence-corrected chi connectivity index (χ2v) is 5.98. The summed E-state index contributed by atoms with van der Waals surface area (Å²) in [6.45, 7) is 1.01. The zero-order valence-electron chi connectivity index (χ0n) is 12.8. The van der Waals surface area contributed by atoms with E-state index in [2.05, 4.69) is 9.98 Å². The highest BCUT2D eigenvalue weighted by molar-refractivity contribution is 8.15. The quantitative estimate of drug-likeness (QED) is 0.847. The van der Waals surface area contributed by atoms with E-state index in [0.717, 1.165) is 22.2 Å². The Bertz CT molecular complexity index is 702. The van der Waals surface area contributed by atoms with Crippen LogP contribution in [-0.4, -0.2) is 33.8 Å². The summed E-state index contributed by atoms with van der Waals surface area (Å²) < 4.78 is 5.14. The predicted molar refractivity (Wildman–Crippen MR) is 91.4 cm³/mol. The first-order chi connectivity index (χ1) is 11.3. The molecule has 0 unspecified atom stereocenters. The third kappa shape index (κ3) is 3.90. The van der Waals surface area contributed by atoms with Gasteiger partial charge in [0.25, 0.3) is 0 Å². The number of nitrogens with zero attached hydrogens (tertiary/aromatic N) is 3. The van der Waals surface area contributed by atoms with Gasteiger partial charge in [0.1, 0.15) is 5.75 Å². The van der Waals surface area contributed by atoms with Gasteiger partial charge >= 0.3 is 0 Å². The Hall–Kier alpha value is -2.34. The van der Waals surface area contributed by atoms with E-state index in [4.69, 9.17) is 4.74 Å². The zero-order chi connectivity index (χ0) is 16.1. The summed E-state index contributed by atoms with van der Waals surface area (Å²) in [5.41, 5.74) is 1.94. The Labute approximate surface area is 139 Å². The lowest BCUT2D eigenvalue weighted by Crippen LogP contribution is -2.29. The van der Waals surface area contributed by atoms with Crippen LogP contribution in [0.25, 0.3) is 0 Å². The van der Waals surface area contributed by atoms with Crippen LogP contribution in [0.2, 0.25) is 0 Å². The number of carbonyl (C=O) groups is 1. The van der Waals surface area contributed by atoms with Gasteiger partial charge in [0.05, 0.1) is 31.6 Å². The number of benzene rings is 1. The molecule has 1 amide bonds. The molecule has 0 spiro atoms. The summed E-state index contributed by atoms with van der Waals surface area (Å²) in [5, 5.41) is 0.761. The first-order valence-corrected chi connectivity index (χ1v) is 8.25. The Morgan fingerprint density at radius 1 is 1.26 bits per heavy atom. The summed E-state index contributed by atoms with van der Waals surface area (Å²) in [6.07, 6.45) is 1.73. The van der Waals surface area contributed by atoms with Crippen molar-refractivity contribution >= 4 is 22.8 Å². The first-order valence-electron chi connectivity index (χ1n) is 7.27. The van der Waals surface area contributed by atoms with Crippen LogP contribution < -0.4 is 4.74 Å². The van der Waals surface area contributed by atoms with Gasteiger partial charge in [-0.1, -0.05) is 30.0 Å². The summed E-state index contributed by atoms with van der Waals surface area (Å²) in [4.78, 5) is 22.6. The van der Waals surface area contributed by atoms with Gasteiger partial charge in [-0.05, 0) is 29.8 Å². The van der Waals surface area contributed by atoms with Crippen LogP contribution in [0.5, 0.6) is 5.75 Å². The van der Waals surface area contributed by atoms with Gasteiger partial charge in [-0.25, -0.2) is 0 Å². The molecule has 5 nitrogen and oxygen atoms in total. The van der Waals surface area contributed by atoms with E-state index in [9.17, 15) is 4.79 Å². The number of pyridine rings is 1. The van der Waals surface area contributed by atoms with Gasteiger partial charge in [0.15, 0.2) is 5.17 Å². The van der Waals surface area contributed by atoms with E-state index in [-0.39, 0.29) is 5.91 Å². The molecule has 0 saturated carbocycles. The third-order valence-electron chi connectivity index (χ3n) is 3.46. The molecule has 0 N–H and O–H groups in total. The van der Waals surface area contributed by atoms with E-state index < -0.39 is 0 Å². The lowest BCUT2D eigenvalue weighted by molar-refractivity contribution is -0.124. The topological polar surface area (TPSA) is 54.8 Å². The fraction of sp³-hybridized carbons (Fsp3) is 0.235. The molecule has 1 fully saturated rings. The number of amidine groups is 1. The summed E-state index contributed by atoms with van der Waals surface area (Å²) in [6, 6.07) is 13.5. The second-order valence-electron chi connectivity index (χ2n) is 5.04. The smallest absolute Gasteiger partial charge is 0.239 e. The number of ether oxygens (including phenoxy) is 1. The zero-order valence-corrected chi connectivity index (χ0v) is 13.6. The van der Waals surface area contributed by atoms with Crippen LogP contribution in [0.15, 0.2) is 53.7 Å². The molecule has 118 valence electrons. The number of methoxy groups -OCH3 is 1. The molecule has 0 aliphatic carbocycles. The van der Waals surface area contributed by atoms with Crippen molar-refractivity contribution in [2.75, 3.05) is 12.9 Å². The maximum atomic E-state index is 12.1. The van der Waals surface area contributed by atoms with Gasteiger partial charge in [-0.3, -0.25) is 19.7 Å². The van der Waals surface area contributed by atoms with Crippen molar-refractivity contribution in [2.45, 2.75) is 13.1 Å². The molecule has 1 aromatic carbocycles. The second kappa shape index (κ2) is 7.28. The fourth-order valence-electron chi connectivity index (χ4n) is 2.22. The number of hydrogen-bond acceptors (Lipinski definition) is 5. The molecule has 1 aromatic heterocycles. The molecule has 1 saturated heterocycles.